The van der Waals surface area contributed by atoms with E-state index < -0.39 is 5.79 Å². The van der Waals surface area contributed by atoms with Crippen LogP contribution in [0.3, 0.4) is 0 Å². The molecular formula is C17H22Cl2N2O3. The van der Waals surface area contributed by atoms with Gasteiger partial charge in [-0.05, 0) is 24.1 Å². The average molecular weight is 373 g/mol. The lowest BCUT2D eigenvalue weighted by Crippen LogP contribution is -2.37. The molecule has 0 aliphatic carbocycles. The fraction of sp³-hybridized carbons (Fsp3) is 0.471. The minimum absolute atomic E-state index is 0. The Labute approximate surface area is 153 Å². The van der Waals surface area contributed by atoms with Gasteiger partial charge in [0.05, 0.1) is 26.1 Å². The maximum absolute atomic E-state index is 6.19. The molecule has 1 fully saturated rings. The molecule has 0 bridgehead atoms. The zero-order valence-corrected chi connectivity index (χ0v) is 15.1. The molecular weight excluding hydrogens is 351 g/mol. The molecule has 24 heavy (non-hydrogen) atoms. The van der Waals surface area contributed by atoms with Crippen LogP contribution in [0, 0.1) is 0 Å². The Morgan fingerprint density at radius 1 is 1.38 bits per heavy atom. The molecule has 0 amide bonds. The van der Waals surface area contributed by atoms with Gasteiger partial charge in [0.15, 0.2) is 5.79 Å². The molecule has 7 heteroatoms. The van der Waals surface area contributed by atoms with Crippen LogP contribution < -0.4 is 0 Å². The number of aromatic nitrogens is 2. The van der Waals surface area contributed by atoms with E-state index in [0.29, 0.717) is 19.8 Å². The first-order chi connectivity index (χ1) is 11.2. The third-order valence-corrected chi connectivity index (χ3v) is 4.21. The van der Waals surface area contributed by atoms with Crippen molar-refractivity contribution in [3.63, 3.8) is 0 Å². The number of hydrogen-bond acceptors (Lipinski definition) is 4. The summed E-state index contributed by atoms with van der Waals surface area (Å²) in [6, 6.07) is 7.89. The summed E-state index contributed by atoms with van der Waals surface area (Å²) in [5.74, 6) is -0.649. The zero-order chi connectivity index (χ0) is 16.1. The Morgan fingerprint density at radius 2 is 2.17 bits per heavy atom. The summed E-state index contributed by atoms with van der Waals surface area (Å²) in [5.41, 5.74) is 1.21. The van der Waals surface area contributed by atoms with Crippen molar-refractivity contribution < 1.29 is 14.2 Å². The highest BCUT2D eigenvalue weighted by Crippen LogP contribution is 2.31. The van der Waals surface area contributed by atoms with Crippen LogP contribution in [-0.2, 0) is 27.2 Å². The number of aryl methyl sites for hydroxylation is 1. The summed E-state index contributed by atoms with van der Waals surface area (Å²) in [5, 5.41) is 0.746. The number of nitrogens with zero attached hydrogens (tertiary/aromatic N) is 2. The van der Waals surface area contributed by atoms with Crippen molar-refractivity contribution in [3.8, 4) is 0 Å². The Bertz CT molecular complexity index is 607. The third kappa shape index (κ3) is 4.94. The van der Waals surface area contributed by atoms with Crippen LogP contribution in [0.1, 0.15) is 12.0 Å². The second-order valence-electron chi connectivity index (χ2n) is 5.78. The summed E-state index contributed by atoms with van der Waals surface area (Å²) < 4.78 is 19.4. The third-order valence-electron chi connectivity index (χ3n) is 3.96. The SMILES string of the molecule is COCC1COC(CCc2ccc(Cl)cc2)(Cn2ccnc2)O1.Cl. The van der Waals surface area contributed by atoms with E-state index in [9.17, 15) is 0 Å². The van der Waals surface area contributed by atoms with E-state index in [1.807, 2.05) is 35.0 Å². The van der Waals surface area contributed by atoms with Crippen LogP contribution in [0.4, 0.5) is 0 Å². The molecule has 2 heterocycles. The molecule has 0 saturated carbocycles. The zero-order valence-electron chi connectivity index (χ0n) is 13.6. The smallest absolute Gasteiger partial charge is 0.187 e. The molecule has 132 valence electrons. The van der Waals surface area contributed by atoms with E-state index >= 15 is 0 Å². The van der Waals surface area contributed by atoms with Crippen molar-refractivity contribution in [2.24, 2.45) is 0 Å². The predicted octanol–water partition coefficient (Wildman–Crippen LogP) is 3.35. The van der Waals surface area contributed by atoms with E-state index in [1.54, 1.807) is 19.6 Å². The minimum atomic E-state index is -0.649. The summed E-state index contributed by atoms with van der Waals surface area (Å²) in [7, 11) is 1.67. The highest BCUT2D eigenvalue weighted by molar-refractivity contribution is 6.30. The van der Waals surface area contributed by atoms with Crippen molar-refractivity contribution in [3.05, 3.63) is 53.6 Å². The molecule has 3 rings (SSSR count). The first-order valence-electron chi connectivity index (χ1n) is 7.70. The van der Waals surface area contributed by atoms with Gasteiger partial charge in [-0.15, -0.1) is 12.4 Å². The molecule has 0 radical (unpaired) electrons. The van der Waals surface area contributed by atoms with Gasteiger partial charge in [0, 0.05) is 30.9 Å². The Morgan fingerprint density at radius 3 is 2.83 bits per heavy atom. The normalized spacial score (nSPS) is 23.2. The molecule has 1 saturated heterocycles. The second kappa shape index (κ2) is 8.83. The van der Waals surface area contributed by atoms with Gasteiger partial charge in [-0.3, -0.25) is 0 Å². The lowest BCUT2D eigenvalue weighted by atomic mass is 10.0. The van der Waals surface area contributed by atoms with Crippen LogP contribution >= 0.6 is 24.0 Å². The summed E-state index contributed by atoms with van der Waals surface area (Å²) >= 11 is 5.94. The summed E-state index contributed by atoms with van der Waals surface area (Å²) in [6.45, 7) is 1.69. The van der Waals surface area contributed by atoms with Crippen molar-refractivity contribution in [2.75, 3.05) is 20.3 Å². The first kappa shape index (κ1) is 19.2. The predicted molar refractivity (Wildman–Crippen MR) is 94.7 cm³/mol. The number of imidazole rings is 1. The van der Waals surface area contributed by atoms with Gasteiger partial charge < -0.3 is 18.8 Å². The van der Waals surface area contributed by atoms with Gasteiger partial charge in [-0.2, -0.15) is 0 Å². The average Bonchev–Trinajstić information content (AvgIpc) is 3.18. The quantitative estimate of drug-likeness (QED) is 0.747. The van der Waals surface area contributed by atoms with E-state index in [1.165, 1.54) is 5.56 Å². The molecule has 1 aliphatic heterocycles. The van der Waals surface area contributed by atoms with Gasteiger partial charge in [0.2, 0.25) is 0 Å². The van der Waals surface area contributed by atoms with E-state index in [4.69, 9.17) is 25.8 Å². The number of benzene rings is 1. The highest BCUT2D eigenvalue weighted by Gasteiger charge is 2.41. The van der Waals surface area contributed by atoms with Gasteiger partial charge in [0.1, 0.15) is 6.10 Å². The van der Waals surface area contributed by atoms with E-state index in [2.05, 4.69) is 4.98 Å². The van der Waals surface area contributed by atoms with Gasteiger partial charge >= 0.3 is 0 Å². The van der Waals surface area contributed by atoms with Crippen molar-refractivity contribution in [1.29, 1.82) is 0 Å². The number of ether oxygens (including phenoxy) is 3. The topological polar surface area (TPSA) is 45.5 Å². The number of methoxy groups -OCH3 is 1. The maximum Gasteiger partial charge on any atom is 0.187 e. The Hall–Kier alpha value is -1.11. The minimum Gasteiger partial charge on any atom is -0.382 e. The molecule has 2 atom stereocenters. The Balaban J connectivity index is 0.00000208. The number of rotatable bonds is 7. The van der Waals surface area contributed by atoms with Crippen LogP contribution in [-0.4, -0.2) is 41.8 Å². The fourth-order valence-corrected chi connectivity index (χ4v) is 2.95. The largest absolute Gasteiger partial charge is 0.382 e. The summed E-state index contributed by atoms with van der Waals surface area (Å²) in [6.07, 6.45) is 7.03. The highest BCUT2D eigenvalue weighted by atomic mass is 35.5. The van der Waals surface area contributed by atoms with Crippen LogP contribution in [0.5, 0.6) is 0 Å². The van der Waals surface area contributed by atoms with Crippen molar-refractivity contribution in [1.82, 2.24) is 9.55 Å². The van der Waals surface area contributed by atoms with E-state index in [-0.39, 0.29) is 18.5 Å². The molecule has 2 unspecified atom stereocenters. The molecule has 0 spiro atoms. The van der Waals surface area contributed by atoms with Crippen molar-refractivity contribution in [2.45, 2.75) is 31.3 Å². The van der Waals surface area contributed by atoms with Gasteiger partial charge in [-0.1, -0.05) is 23.7 Å². The Kier molecular flexibility index (Phi) is 7.07. The van der Waals surface area contributed by atoms with Gasteiger partial charge in [0.25, 0.3) is 0 Å². The fourth-order valence-electron chi connectivity index (χ4n) is 2.82. The second-order valence-corrected chi connectivity index (χ2v) is 6.21. The molecule has 0 N–H and O–H groups in total. The van der Waals surface area contributed by atoms with Crippen molar-refractivity contribution >= 4 is 24.0 Å². The van der Waals surface area contributed by atoms with Gasteiger partial charge in [-0.25, -0.2) is 4.98 Å². The van der Waals surface area contributed by atoms with E-state index in [0.717, 1.165) is 17.9 Å². The maximum atomic E-state index is 6.19. The van der Waals surface area contributed by atoms with Crippen LogP contribution in [0.25, 0.3) is 0 Å². The molecule has 1 aliphatic rings. The number of halogens is 2. The molecule has 5 nitrogen and oxygen atoms in total. The van der Waals surface area contributed by atoms with Crippen LogP contribution in [0.2, 0.25) is 5.02 Å². The lowest BCUT2D eigenvalue weighted by Gasteiger charge is -2.28. The molecule has 1 aromatic carbocycles. The molecule has 2 aromatic rings. The number of hydrogen-bond donors (Lipinski definition) is 0. The standard InChI is InChI=1S/C17H21ClN2O3.ClH/c1-21-10-16-11-22-17(23-16,12-20-9-8-19-13-20)7-6-14-2-4-15(18)5-3-14;/h2-5,8-9,13,16H,6-7,10-12H2,1H3;1H. The first-order valence-corrected chi connectivity index (χ1v) is 8.08. The lowest BCUT2D eigenvalue weighted by molar-refractivity contribution is -0.185. The monoisotopic (exact) mass is 372 g/mol. The summed E-state index contributed by atoms with van der Waals surface area (Å²) in [4.78, 5) is 4.09. The molecule has 1 aromatic heterocycles. The van der Waals surface area contributed by atoms with Crippen LogP contribution in [0.15, 0.2) is 43.0 Å².